The summed E-state index contributed by atoms with van der Waals surface area (Å²) in [6.45, 7) is 3.98. The fraction of sp³-hybridized carbons (Fsp3) is 0.833. The summed E-state index contributed by atoms with van der Waals surface area (Å²) >= 11 is 4.88. The van der Waals surface area contributed by atoms with Crippen LogP contribution in [0.2, 0.25) is 0 Å². The first-order valence-corrected chi connectivity index (χ1v) is 4.87. The largest absolute Gasteiger partial charge is 0.488 e. The molecule has 0 heterocycles. The molecule has 0 amide bonds. The zero-order valence-electron chi connectivity index (χ0n) is 6.88. The van der Waals surface area contributed by atoms with Gasteiger partial charge in [0, 0.05) is 0 Å². The number of rotatable bonds is 3. The highest BCUT2D eigenvalue weighted by molar-refractivity contribution is 7.80. The number of thiocarbonyl (C=S) groups is 1. The molecule has 4 heteroatoms. The minimum atomic E-state index is 0.0556. The minimum Gasteiger partial charge on any atom is -0.488 e. The van der Waals surface area contributed by atoms with Crippen molar-refractivity contribution in [2.24, 2.45) is 0 Å². The van der Waals surface area contributed by atoms with Crippen LogP contribution in [0.4, 0.5) is 0 Å². The van der Waals surface area contributed by atoms with Crippen LogP contribution in [0.25, 0.3) is 0 Å². The lowest BCUT2D eigenvalue weighted by atomic mass is 10.5. The van der Waals surface area contributed by atoms with E-state index in [1.165, 1.54) is 0 Å². The van der Waals surface area contributed by atoms with E-state index < -0.39 is 0 Å². The fourth-order valence-electron chi connectivity index (χ4n) is 0.630. The number of hydrogen-bond acceptors (Lipinski definition) is 3. The maximum atomic E-state index is 5.40. The van der Waals surface area contributed by atoms with Gasteiger partial charge in [-0.25, -0.2) is 0 Å². The summed E-state index contributed by atoms with van der Waals surface area (Å²) in [6.07, 6.45) is 0.232. The molecule has 0 saturated heterocycles. The van der Waals surface area contributed by atoms with E-state index in [1.54, 1.807) is 7.11 Å². The van der Waals surface area contributed by atoms with Gasteiger partial charge >= 0.3 is 0 Å². The Labute approximate surface area is 70.3 Å². The highest BCUT2D eigenvalue weighted by Crippen LogP contribution is 1.97. The van der Waals surface area contributed by atoms with Crippen LogP contribution in [-0.2, 0) is 9.47 Å². The fourth-order valence-corrected chi connectivity index (χ4v) is 1.47. The molecule has 0 aliphatic rings. The van der Waals surface area contributed by atoms with Gasteiger partial charge < -0.3 is 9.47 Å². The van der Waals surface area contributed by atoms with Gasteiger partial charge in [0.2, 0.25) is 0 Å². The molecule has 0 aliphatic carbocycles. The molecule has 0 saturated carbocycles. The predicted octanol–water partition coefficient (Wildman–Crippen LogP) is 0.0767. The van der Waals surface area contributed by atoms with Gasteiger partial charge in [-0.3, -0.25) is 0 Å². The molecule has 0 aromatic carbocycles. The summed E-state index contributed by atoms with van der Waals surface area (Å²) in [5.74, 6) is 0. The van der Waals surface area contributed by atoms with Crippen LogP contribution in [0, 0.1) is 0 Å². The van der Waals surface area contributed by atoms with Crippen LogP contribution in [-0.4, -0.2) is 34.2 Å². The first-order chi connectivity index (χ1) is 4.57. The third-order valence-corrected chi connectivity index (χ3v) is 2.72. The van der Waals surface area contributed by atoms with E-state index in [0.29, 0.717) is 5.05 Å². The monoisotopic (exact) mass is 178 g/mol. The molecule has 0 aromatic rings. The molecule has 0 N–H and O–H groups in total. The normalized spacial score (nSPS) is 13.6. The summed E-state index contributed by atoms with van der Waals surface area (Å²) in [7, 11) is 2.47. The first-order valence-electron chi connectivity index (χ1n) is 3.31. The van der Waals surface area contributed by atoms with Crippen molar-refractivity contribution in [3.63, 3.8) is 0 Å². The van der Waals surface area contributed by atoms with Crippen molar-refractivity contribution in [3.05, 3.63) is 0 Å². The Morgan fingerprint density at radius 3 is 2.30 bits per heavy atom. The highest BCUT2D eigenvalue weighted by atomic mass is 32.1. The standard InChI is InChI=1S/C6H14O2SSi/c1-4(2)8-6(10)5(9)7-3/h4,6H,1-3,10H3. The van der Waals surface area contributed by atoms with Crippen molar-refractivity contribution in [2.75, 3.05) is 7.11 Å². The van der Waals surface area contributed by atoms with Crippen molar-refractivity contribution >= 4 is 27.5 Å². The second kappa shape index (κ2) is 4.82. The van der Waals surface area contributed by atoms with Gasteiger partial charge in [0.25, 0.3) is 0 Å². The highest BCUT2D eigenvalue weighted by Gasteiger charge is 2.09. The van der Waals surface area contributed by atoms with E-state index in [4.69, 9.17) is 21.7 Å². The van der Waals surface area contributed by atoms with E-state index in [0.717, 1.165) is 10.2 Å². The van der Waals surface area contributed by atoms with Crippen LogP contribution in [0.15, 0.2) is 0 Å². The lowest BCUT2D eigenvalue weighted by Crippen LogP contribution is -2.27. The smallest absolute Gasteiger partial charge is 0.183 e. The van der Waals surface area contributed by atoms with Crippen LogP contribution < -0.4 is 0 Å². The summed E-state index contributed by atoms with van der Waals surface area (Å²) in [4.78, 5) is 0. The second-order valence-corrected chi connectivity index (χ2v) is 3.80. The van der Waals surface area contributed by atoms with Gasteiger partial charge in [0.15, 0.2) is 5.05 Å². The topological polar surface area (TPSA) is 18.5 Å². The minimum absolute atomic E-state index is 0.0556. The van der Waals surface area contributed by atoms with Gasteiger partial charge in [-0.2, -0.15) is 0 Å². The van der Waals surface area contributed by atoms with Gasteiger partial charge in [0.05, 0.1) is 23.5 Å². The van der Waals surface area contributed by atoms with Crippen LogP contribution in [0.5, 0.6) is 0 Å². The van der Waals surface area contributed by atoms with E-state index in [9.17, 15) is 0 Å². The molecule has 0 bridgehead atoms. The predicted molar refractivity (Wildman–Crippen MR) is 49.6 cm³/mol. The maximum Gasteiger partial charge on any atom is 0.183 e. The zero-order chi connectivity index (χ0) is 8.15. The Bertz CT molecular complexity index is 116. The van der Waals surface area contributed by atoms with Crippen molar-refractivity contribution in [1.82, 2.24) is 0 Å². The molecular weight excluding hydrogens is 164 g/mol. The lowest BCUT2D eigenvalue weighted by molar-refractivity contribution is 0.0786. The molecule has 0 aromatic heterocycles. The van der Waals surface area contributed by atoms with Crippen LogP contribution >= 0.6 is 12.2 Å². The average Bonchev–Trinajstić information content (AvgIpc) is 1.85. The van der Waals surface area contributed by atoms with Crippen LogP contribution in [0.3, 0.4) is 0 Å². The molecule has 60 valence electrons. The summed E-state index contributed by atoms with van der Waals surface area (Å²) in [5.41, 5.74) is 0.0556. The molecule has 1 atom stereocenters. The summed E-state index contributed by atoms with van der Waals surface area (Å²) in [5, 5.41) is 0.570. The zero-order valence-corrected chi connectivity index (χ0v) is 9.70. The van der Waals surface area contributed by atoms with Gasteiger partial charge in [-0.15, -0.1) is 0 Å². The van der Waals surface area contributed by atoms with E-state index in [-0.39, 0.29) is 11.8 Å². The maximum absolute atomic E-state index is 5.40. The van der Waals surface area contributed by atoms with E-state index in [1.807, 2.05) is 13.8 Å². The third kappa shape index (κ3) is 3.98. The van der Waals surface area contributed by atoms with Crippen molar-refractivity contribution in [1.29, 1.82) is 0 Å². The Morgan fingerprint density at radius 1 is 1.50 bits per heavy atom. The molecule has 0 aliphatic heterocycles. The molecule has 0 rings (SSSR count). The average molecular weight is 178 g/mol. The molecule has 1 unspecified atom stereocenters. The second-order valence-electron chi connectivity index (χ2n) is 2.35. The molecule has 10 heavy (non-hydrogen) atoms. The van der Waals surface area contributed by atoms with Crippen molar-refractivity contribution < 1.29 is 9.47 Å². The third-order valence-electron chi connectivity index (χ3n) is 1.01. The van der Waals surface area contributed by atoms with Gasteiger partial charge in [0.1, 0.15) is 5.73 Å². The SMILES string of the molecule is COC(=S)C([SiH3])OC(C)C. The lowest BCUT2D eigenvalue weighted by Gasteiger charge is -2.15. The Morgan fingerprint density at radius 2 is 2.00 bits per heavy atom. The summed E-state index contributed by atoms with van der Waals surface area (Å²) < 4.78 is 10.3. The van der Waals surface area contributed by atoms with Crippen molar-refractivity contribution in [3.8, 4) is 0 Å². The molecule has 2 nitrogen and oxygen atoms in total. The molecule has 0 spiro atoms. The Balaban J connectivity index is 3.61. The molecular formula is C6H14O2SSi. The Kier molecular flexibility index (Phi) is 4.85. The number of methoxy groups -OCH3 is 1. The summed E-state index contributed by atoms with van der Waals surface area (Å²) in [6, 6.07) is 0. The molecule has 0 radical (unpaired) electrons. The number of hydrogen-bond donors (Lipinski definition) is 0. The quantitative estimate of drug-likeness (QED) is 0.450. The first kappa shape index (κ1) is 10.1. The van der Waals surface area contributed by atoms with Crippen molar-refractivity contribution in [2.45, 2.75) is 25.7 Å². The van der Waals surface area contributed by atoms with Crippen LogP contribution in [0.1, 0.15) is 13.8 Å². The van der Waals surface area contributed by atoms with E-state index in [2.05, 4.69) is 0 Å². The molecule has 0 fully saturated rings. The number of ether oxygens (including phenoxy) is 2. The Hall–Kier alpha value is 0.0669. The van der Waals surface area contributed by atoms with E-state index >= 15 is 0 Å². The van der Waals surface area contributed by atoms with Gasteiger partial charge in [-0.1, -0.05) is 0 Å². The van der Waals surface area contributed by atoms with Gasteiger partial charge in [-0.05, 0) is 26.1 Å².